The van der Waals surface area contributed by atoms with Gasteiger partial charge in [0.05, 0.1) is 10.9 Å². The largest absolute Gasteiger partial charge is 0.335 e. The van der Waals surface area contributed by atoms with E-state index in [2.05, 4.69) is 0 Å². The van der Waals surface area contributed by atoms with E-state index in [1.165, 1.54) is 12.1 Å². The third-order valence-electron chi connectivity index (χ3n) is 3.93. The molecule has 0 spiro atoms. The predicted octanol–water partition coefficient (Wildman–Crippen LogP) is 2.89. The molecule has 0 heterocycles. The number of hydrogen-bond acceptors (Lipinski definition) is 4. The number of nitrogens with two attached hydrogens (primary N) is 1. The van der Waals surface area contributed by atoms with E-state index in [9.17, 15) is 13.2 Å². The Morgan fingerprint density at radius 1 is 1.08 bits per heavy atom. The second-order valence-electron chi connectivity index (χ2n) is 5.43. The van der Waals surface area contributed by atoms with Crippen molar-refractivity contribution in [3.63, 3.8) is 0 Å². The monoisotopic (exact) mass is 364 g/mol. The van der Waals surface area contributed by atoms with Crippen LogP contribution in [0.15, 0.2) is 58.3 Å². The number of carbonyl (C=O) groups is 1. The van der Waals surface area contributed by atoms with E-state index >= 15 is 0 Å². The molecular weight excluding hydrogens is 344 g/mol. The van der Waals surface area contributed by atoms with Crippen LogP contribution in [0.2, 0.25) is 0 Å². The van der Waals surface area contributed by atoms with Gasteiger partial charge in [0, 0.05) is 17.5 Å². The summed E-state index contributed by atoms with van der Waals surface area (Å²) >= 11 is 1.62. The van der Waals surface area contributed by atoms with Gasteiger partial charge in [0.25, 0.3) is 5.91 Å². The highest BCUT2D eigenvalue weighted by atomic mass is 32.2. The Morgan fingerprint density at radius 3 is 2.08 bits per heavy atom. The topological polar surface area (TPSA) is 80.5 Å². The number of thioether (sulfide) groups is 1. The van der Waals surface area contributed by atoms with Crippen LogP contribution in [0.3, 0.4) is 0 Å². The van der Waals surface area contributed by atoms with Crippen LogP contribution in [-0.4, -0.2) is 32.5 Å². The molecule has 24 heavy (non-hydrogen) atoms. The van der Waals surface area contributed by atoms with Gasteiger partial charge in [-0.2, -0.15) is 0 Å². The fraction of sp³-hybridized carbons (Fsp3) is 0.235. The van der Waals surface area contributed by atoms with Gasteiger partial charge < -0.3 is 4.90 Å². The summed E-state index contributed by atoms with van der Waals surface area (Å²) in [4.78, 5) is 15.4. The minimum Gasteiger partial charge on any atom is -0.335 e. The van der Waals surface area contributed by atoms with Crippen molar-refractivity contribution in [1.82, 2.24) is 4.90 Å². The first-order valence-corrected chi connectivity index (χ1v) is 10.0. The third kappa shape index (κ3) is 4.17. The molecule has 1 unspecified atom stereocenters. The Kier molecular flexibility index (Phi) is 5.69. The quantitative estimate of drug-likeness (QED) is 0.827. The second-order valence-corrected chi connectivity index (χ2v) is 7.88. The molecule has 0 aliphatic heterocycles. The summed E-state index contributed by atoms with van der Waals surface area (Å²) in [6, 6.07) is 13.5. The van der Waals surface area contributed by atoms with E-state index in [1.54, 1.807) is 35.8 Å². The molecule has 0 radical (unpaired) electrons. The van der Waals surface area contributed by atoms with Gasteiger partial charge in [-0.15, -0.1) is 11.8 Å². The summed E-state index contributed by atoms with van der Waals surface area (Å²) in [5, 5.41) is 5.10. The van der Waals surface area contributed by atoms with E-state index in [0.29, 0.717) is 5.56 Å². The van der Waals surface area contributed by atoms with Crippen molar-refractivity contribution >= 4 is 27.7 Å². The highest BCUT2D eigenvalue weighted by molar-refractivity contribution is 7.98. The molecule has 2 aromatic rings. The molecule has 1 amide bonds. The first kappa shape index (κ1) is 18.5. The normalized spacial score (nSPS) is 12.7. The summed E-state index contributed by atoms with van der Waals surface area (Å²) in [5.41, 5.74) is 1.45. The number of benzene rings is 2. The van der Waals surface area contributed by atoms with Crippen LogP contribution in [0.1, 0.15) is 28.9 Å². The summed E-state index contributed by atoms with van der Waals surface area (Å²) in [5.74, 6) is -0.0920. The summed E-state index contributed by atoms with van der Waals surface area (Å²) in [6.07, 6.45) is 1.98. The minimum absolute atomic E-state index is 0.0556. The average molecular weight is 364 g/mol. The van der Waals surface area contributed by atoms with Gasteiger partial charge in [-0.25, -0.2) is 13.6 Å². The average Bonchev–Trinajstić information content (AvgIpc) is 2.59. The van der Waals surface area contributed by atoms with Gasteiger partial charge >= 0.3 is 0 Å². The Hall–Kier alpha value is -1.83. The van der Waals surface area contributed by atoms with Crippen LogP contribution < -0.4 is 5.14 Å². The lowest BCUT2D eigenvalue weighted by molar-refractivity contribution is 0.0742. The van der Waals surface area contributed by atoms with E-state index in [-0.39, 0.29) is 16.8 Å². The molecule has 0 bridgehead atoms. The van der Waals surface area contributed by atoms with Crippen molar-refractivity contribution < 1.29 is 13.2 Å². The predicted molar refractivity (Wildman–Crippen MR) is 96.5 cm³/mol. The number of carbonyl (C=O) groups excluding carboxylic acids is 1. The molecule has 0 aliphatic carbocycles. The lowest BCUT2D eigenvalue weighted by atomic mass is 10.1. The standard InChI is InChI=1S/C17H20N2O3S2/c1-12(13-6-10-16(11-7-13)24(18,21)22)19(2)17(20)14-4-8-15(23-3)9-5-14/h4-12H,1-3H3,(H2,18,21,22). The summed E-state index contributed by atoms with van der Waals surface area (Å²) in [6.45, 7) is 1.89. The number of amides is 1. The molecule has 7 heteroatoms. The van der Waals surface area contributed by atoms with Crippen molar-refractivity contribution in [2.45, 2.75) is 22.8 Å². The minimum atomic E-state index is -3.71. The Labute approximate surface area is 146 Å². The molecular formula is C17H20N2O3S2. The van der Waals surface area contributed by atoms with E-state index in [0.717, 1.165) is 10.5 Å². The molecule has 1 atom stereocenters. The van der Waals surface area contributed by atoms with Crippen LogP contribution in [0, 0.1) is 0 Å². The zero-order valence-electron chi connectivity index (χ0n) is 13.8. The van der Waals surface area contributed by atoms with Crippen LogP contribution in [0.4, 0.5) is 0 Å². The summed E-state index contributed by atoms with van der Waals surface area (Å²) in [7, 11) is -1.99. The highest BCUT2D eigenvalue weighted by Gasteiger charge is 2.19. The fourth-order valence-electron chi connectivity index (χ4n) is 2.27. The van der Waals surface area contributed by atoms with Gasteiger partial charge in [-0.1, -0.05) is 12.1 Å². The van der Waals surface area contributed by atoms with Crippen LogP contribution in [-0.2, 0) is 10.0 Å². The number of rotatable bonds is 5. The zero-order chi connectivity index (χ0) is 17.9. The molecule has 0 saturated heterocycles. The second kappa shape index (κ2) is 7.38. The number of sulfonamides is 1. The Morgan fingerprint density at radius 2 is 1.62 bits per heavy atom. The zero-order valence-corrected chi connectivity index (χ0v) is 15.4. The third-order valence-corrected chi connectivity index (χ3v) is 5.60. The highest BCUT2D eigenvalue weighted by Crippen LogP contribution is 2.23. The van der Waals surface area contributed by atoms with Gasteiger partial charge in [0.2, 0.25) is 10.0 Å². The van der Waals surface area contributed by atoms with Crippen molar-refractivity contribution in [3.8, 4) is 0 Å². The number of hydrogen-bond donors (Lipinski definition) is 1. The van der Waals surface area contributed by atoms with Crippen LogP contribution >= 0.6 is 11.8 Å². The molecule has 0 saturated carbocycles. The molecule has 2 rings (SSSR count). The molecule has 0 aliphatic rings. The maximum absolute atomic E-state index is 12.6. The molecule has 5 nitrogen and oxygen atoms in total. The number of nitrogens with zero attached hydrogens (tertiary/aromatic N) is 1. The SMILES string of the molecule is CSc1ccc(C(=O)N(C)C(C)c2ccc(S(N)(=O)=O)cc2)cc1. The van der Waals surface area contributed by atoms with Crippen molar-refractivity contribution in [2.75, 3.05) is 13.3 Å². The lowest BCUT2D eigenvalue weighted by Gasteiger charge is -2.25. The molecule has 0 fully saturated rings. The van der Waals surface area contributed by atoms with Crippen molar-refractivity contribution in [1.29, 1.82) is 0 Å². The maximum atomic E-state index is 12.6. The molecule has 128 valence electrons. The van der Waals surface area contributed by atoms with Gasteiger partial charge in [-0.05, 0) is 55.1 Å². The summed E-state index contributed by atoms with van der Waals surface area (Å²) < 4.78 is 22.6. The van der Waals surface area contributed by atoms with Crippen LogP contribution in [0.5, 0.6) is 0 Å². The van der Waals surface area contributed by atoms with Gasteiger partial charge in [0.15, 0.2) is 0 Å². The van der Waals surface area contributed by atoms with Crippen LogP contribution in [0.25, 0.3) is 0 Å². The first-order chi connectivity index (χ1) is 11.2. The maximum Gasteiger partial charge on any atom is 0.254 e. The van der Waals surface area contributed by atoms with E-state index < -0.39 is 10.0 Å². The van der Waals surface area contributed by atoms with Gasteiger partial charge in [0.1, 0.15) is 0 Å². The Balaban J connectivity index is 2.18. The molecule has 2 aromatic carbocycles. The van der Waals surface area contributed by atoms with E-state index in [4.69, 9.17) is 5.14 Å². The van der Waals surface area contributed by atoms with Crippen molar-refractivity contribution in [3.05, 3.63) is 59.7 Å². The Bertz CT molecular complexity index is 816. The fourth-order valence-corrected chi connectivity index (χ4v) is 3.20. The van der Waals surface area contributed by atoms with E-state index in [1.807, 2.05) is 37.4 Å². The van der Waals surface area contributed by atoms with Gasteiger partial charge in [-0.3, -0.25) is 4.79 Å². The number of primary sulfonamides is 1. The smallest absolute Gasteiger partial charge is 0.254 e. The van der Waals surface area contributed by atoms with Crippen molar-refractivity contribution in [2.24, 2.45) is 5.14 Å². The molecule has 2 N–H and O–H groups in total. The molecule has 0 aromatic heterocycles. The lowest BCUT2D eigenvalue weighted by Crippen LogP contribution is -2.29. The first-order valence-electron chi connectivity index (χ1n) is 7.28.